The molecule has 2 aromatic rings. The summed E-state index contributed by atoms with van der Waals surface area (Å²) in [5, 5.41) is 11.7. The number of pyridine rings is 1. The van der Waals surface area contributed by atoms with Crippen LogP contribution in [0.4, 0.5) is 16.6 Å². The van der Waals surface area contributed by atoms with E-state index in [4.69, 9.17) is 19.9 Å². The van der Waals surface area contributed by atoms with E-state index >= 15 is 0 Å². The normalized spacial score (nSPS) is 18.3. The minimum Gasteiger partial charge on any atom is -0.444 e. The Morgan fingerprint density at radius 2 is 2.00 bits per heavy atom. The van der Waals surface area contributed by atoms with Crippen LogP contribution >= 0.6 is 0 Å². The molecule has 1 saturated heterocycles. The van der Waals surface area contributed by atoms with Crippen LogP contribution in [0.5, 0.6) is 0 Å². The van der Waals surface area contributed by atoms with Crippen molar-refractivity contribution in [2.45, 2.75) is 52.2 Å². The topological polar surface area (TPSA) is 117 Å². The second-order valence-electron chi connectivity index (χ2n) is 10.5. The maximum absolute atomic E-state index is 12.6. The van der Waals surface area contributed by atoms with Crippen LogP contribution in [0.15, 0.2) is 42.3 Å². The molecule has 10 nitrogen and oxygen atoms in total. The molecule has 192 valence electrons. The van der Waals surface area contributed by atoms with Crippen molar-refractivity contribution in [2.75, 3.05) is 43.1 Å². The van der Waals surface area contributed by atoms with Crippen LogP contribution in [0.1, 0.15) is 41.0 Å². The lowest BCUT2D eigenvalue weighted by Gasteiger charge is -2.42. The standard InChI is InChI=1S/C26H35N7O3/c1-25(2,3)36-24(34)33-12-9-18(17-26(33,4)5)19(27)8-11-29-23-30-20-7-6-10-28-21(20)22(31-23)32-13-15-35-16-14-32/h6-11,27H,12-17H2,1-5H3,(H,29,30,31)/b11-8-,27-19?. The number of hydrogen-bond acceptors (Lipinski definition) is 9. The Morgan fingerprint density at radius 3 is 2.69 bits per heavy atom. The van der Waals surface area contributed by atoms with E-state index in [-0.39, 0.29) is 6.09 Å². The highest BCUT2D eigenvalue weighted by atomic mass is 16.6. The Labute approximate surface area is 211 Å². The van der Waals surface area contributed by atoms with Gasteiger partial charge in [0.05, 0.1) is 24.4 Å². The van der Waals surface area contributed by atoms with Crippen LogP contribution in [-0.2, 0) is 9.47 Å². The van der Waals surface area contributed by atoms with Gasteiger partial charge in [-0.05, 0) is 64.8 Å². The van der Waals surface area contributed by atoms with Gasteiger partial charge in [0.1, 0.15) is 11.1 Å². The number of morpholine rings is 1. The second kappa shape index (κ2) is 10.2. The van der Waals surface area contributed by atoms with E-state index in [1.807, 2.05) is 52.8 Å². The molecule has 0 aromatic carbocycles. The zero-order valence-electron chi connectivity index (χ0n) is 21.7. The van der Waals surface area contributed by atoms with Crippen LogP contribution in [0.2, 0.25) is 0 Å². The minimum absolute atomic E-state index is 0.342. The van der Waals surface area contributed by atoms with E-state index in [1.165, 1.54) is 0 Å². The van der Waals surface area contributed by atoms with Crippen molar-refractivity contribution in [1.82, 2.24) is 19.9 Å². The molecule has 1 fully saturated rings. The summed E-state index contributed by atoms with van der Waals surface area (Å²) in [6.45, 7) is 12.7. The highest BCUT2D eigenvalue weighted by Gasteiger charge is 2.37. The minimum atomic E-state index is -0.555. The van der Waals surface area contributed by atoms with Crippen molar-refractivity contribution >= 4 is 34.6 Å². The highest BCUT2D eigenvalue weighted by Crippen LogP contribution is 2.30. The Balaban J connectivity index is 1.46. The van der Waals surface area contributed by atoms with Crippen molar-refractivity contribution < 1.29 is 14.3 Å². The zero-order valence-corrected chi connectivity index (χ0v) is 21.7. The average molecular weight is 494 g/mol. The average Bonchev–Trinajstić information content (AvgIpc) is 2.82. The van der Waals surface area contributed by atoms with Crippen molar-refractivity contribution in [2.24, 2.45) is 0 Å². The van der Waals surface area contributed by atoms with E-state index < -0.39 is 11.1 Å². The lowest BCUT2D eigenvalue weighted by Crippen LogP contribution is -2.52. The maximum Gasteiger partial charge on any atom is 0.411 e. The number of fused-ring (bicyclic) bond motifs is 1. The summed E-state index contributed by atoms with van der Waals surface area (Å²) in [4.78, 5) is 30.3. The third-order valence-corrected chi connectivity index (χ3v) is 6.04. The molecule has 4 rings (SSSR count). The number of rotatable bonds is 5. The molecule has 2 aliphatic rings. The molecule has 0 atom stereocenters. The van der Waals surface area contributed by atoms with Crippen LogP contribution in [0.3, 0.4) is 0 Å². The van der Waals surface area contributed by atoms with Gasteiger partial charge in [-0.1, -0.05) is 6.08 Å². The fourth-order valence-electron chi connectivity index (χ4n) is 4.24. The summed E-state index contributed by atoms with van der Waals surface area (Å²) in [5.74, 6) is 1.21. The predicted octanol–water partition coefficient (Wildman–Crippen LogP) is 4.15. The molecular formula is C26H35N7O3. The third-order valence-electron chi connectivity index (χ3n) is 6.04. The lowest BCUT2D eigenvalue weighted by atomic mass is 9.87. The fraction of sp³-hybridized carbons (Fsp3) is 0.500. The Morgan fingerprint density at radius 1 is 1.25 bits per heavy atom. The number of carbonyl (C=O) groups is 1. The number of nitrogens with one attached hydrogen (secondary N) is 2. The van der Waals surface area contributed by atoms with Gasteiger partial charge in [0, 0.05) is 37.6 Å². The van der Waals surface area contributed by atoms with Crippen molar-refractivity contribution in [1.29, 1.82) is 5.41 Å². The van der Waals surface area contributed by atoms with E-state index in [9.17, 15) is 4.79 Å². The molecule has 10 heteroatoms. The number of hydrogen-bond donors (Lipinski definition) is 2. The number of aromatic nitrogens is 3. The Bertz CT molecular complexity index is 1190. The van der Waals surface area contributed by atoms with E-state index in [1.54, 1.807) is 23.4 Å². The van der Waals surface area contributed by atoms with Gasteiger partial charge >= 0.3 is 6.09 Å². The number of ether oxygens (including phenoxy) is 2. The van der Waals surface area contributed by atoms with Crippen LogP contribution < -0.4 is 10.2 Å². The van der Waals surface area contributed by atoms with E-state index in [0.717, 1.165) is 35.5 Å². The maximum atomic E-state index is 12.6. The Hall–Kier alpha value is -3.53. The number of nitrogens with zero attached hydrogens (tertiary/aromatic N) is 5. The van der Waals surface area contributed by atoms with Crippen LogP contribution in [0, 0.1) is 5.41 Å². The third kappa shape index (κ3) is 5.99. The smallest absolute Gasteiger partial charge is 0.411 e. The highest BCUT2D eigenvalue weighted by molar-refractivity contribution is 6.06. The quantitative estimate of drug-likeness (QED) is 0.597. The molecule has 4 heterocycles. The first kappa shape index (κ1) is 25.6. The first-order valence-electron chi connectivity index (χ1n) is 12.2. The summed E-state index contributed by atoms with van der Waals surface area (Å²) in [6, 6.07) is 3.77. The zero-order chi connectivity index (χ0) is 25.9. The number of carbonyl (C=O) groups excluding carboxylic acids is 1. The molecule has 0 aliphatic carbocycles. The second-order valence-corrected chi connectivity index (χ2v) is 10.5. The number of amides is 1. The Kier molecular flexibility index (Phi) is 7.26. The SMILES string of the molecule is CC(C)(C)OC(=O)N1CC=C(C(=N)/C=C\Nc2nc(N3CCOCC3)c3ncccc3n2)CC1(C)C. The van der Waals surface area contributed by atoms with Gasteiger partial charge in [-0.2, -0.15) is 4.98 Å². The van der Waals surface area contributed by atoms with Crippen molar-refractivity contribution in [3.63, 3.8) is 0 Å². The molecule has 2 aromatic heterocycles. The first-order valence-corrected chi connectivity index (χ1v) is 12.2. The van der Waals surface area contributed by atoms with Crippen molar-refractivity contribution in [3.8, 4) is 0 Å². The summed E-state index contributed by atoms with van der Waals surface area (Å²) in [7, 11) is 0. The largest absolute Gasteiger partial charge is 0.444 e. The molecule has 2 aliphatic heterocycles. The fourth-order valence-corrected chi connectivity index (χ4v) is 4.24. The molecule has 0 unspecified atom stereocenters. The lowest BCUT2D eigenvalue weighted by molar-refractivity contribution is 0.00513. The van der Waals surface area contributed by atoms with Gasteiger partial charge in [-0.15, -0.1) is 0 Å². The first-order chi connectivity index (χ1) is 17.0. The van der Waals surface area contributed by atoms with Gasteiger partial charge in [-0.25, -0.2) is 9.78 Å². The molecule has 0 bridgehead atoms. The van der Waals surface area contributed by atoms with Gasteiger partial charge in [0.25, 0.3) is 0 Å². The molecule has 0 saturated carbocycles. The predicted molar refractivity (Wildman–Crippen MR) is 141 cm³/mol. The molecule has 2 N–H and O–H groups in total. The molecule has 1 amide bonds. The molecule has 36 heavy (non-hydrogen) atoms. The van der Waals surface area contributed by atoms with Gasteiger partial charge in [-0.3, -0.25) is 9.88 Å². The van der Waals surface area contributed by atoms with Gasteiger partial charge in [0.2, 0.25) is 5.95 Å². The van der Waals surface area contributed by atoms with Crippen LogP contribution in [-0.4, -0.2) is 75.6 Å². The van der Waals surface area contributed by atoms with E-state index in [2.05, 4.69) is 20.2 Å². The van der Waals surface area contributed by atoms with Crippen LogP contribution in [0.25, 0.3) is 11.0 Å². The summed E-state index contributed by atoms with van der Waals surface area (Å²) in [6.07, 6.45) is 7.23. The summed E-state index contributed by atoms with van der Waals surface area (Å²) in [5.41, 5.74) is 1.72. The van der Waals surface area contributed by atoms with Gasteiger partial charge < -0.3 is 25.1 Å². The number of allylic oxidation sites excluding steroid dienone is 1. The molecule has 0 radical (unpaired) electrons. The molecular weight excluding hydrogens is 458 g/mol. The van der Waals surface area contributed by atoms with Gasteiger partial charge in [0.15, 0.2) is 5.82 Å². The van der Waals surface area contributed by atoms with E-state index in [0.29, 0.717) is 37.8 Å². The molecule has 0 spiro atoms. The summed E-state index contributed by atoms with van der Waals surface area (Å²) >= 11 is 0. The number of anilines is 2. The summed E-state index contributed by atoms with van der Waals surface area (Å²) < 4.78 is 11.0. The van der Waals surface area contributed by atoms with Crippen molar-refractivity contribution in [3.05, 3.63) is 42.3 Å². The monoisotopic (exact) mass is 493 g/mol.